The molecule has 0 aromatic rings. The topological polar surface area (TPSA) is 237 Å². The predicted octanol–water partition coefficient (Wildman–Crippen LogP) is 25.7. The van der Waals surface area contributed by atoms with E-state index in [2.05, 4.69) is 48.5 Å². The molecule has 19 heteroatoms. The highest BCUT2D eigenvalue weighted by atomic mass is 31.2. The average Bonchev–Trinajstić information content (AvgIpc) is 0.904. The quantitative estimate of drug-likeness (QED) is 0.0222. The Morgan fingerprint density at radius 2 is 0.462 bits per heavy atom. The minimum absolute atomic E-state index is 0.108. The van der Waals surface area contributed by atoms with Crippen LogP contribution in [0.25, 0.3) is 0 Å². The molecule has 0 bridgehead atoms. The summed E-state index contributed by atoms with van der Waals surface area (Å²) in [7, 11) is -9.93. The Morgan fingerprint density at radius 1 is 0.269 bits per heavy atom. The Labute approximate surface area is 638 Å². The number of phosphoric acid groups is 2. The fraction of sp³-hybridized carbons (Fsp3) is 0.953. The van der Waals surface area contributed by atoms with Gasteiger partial charge in [-0.25, -0.2) is 9.13 Å². The van der Waals surface area contributed by atoms with Gasteiger partial charge in [-0.15, -0.1) is 0 Å². The van der Waals surface area contributed by atoms with Gasteiger partial charge in [0.15, 0.2) is 12.2 Å². The van der Waals surface area contributed by atoms with Gasteiger partial charge >= 0.3 is 39.5 Å². The molecule has 0 aromatic heterocycles. The van der Waals surface area contributed by atoms with Crippen molar-refractivity contribution in [3.05, 3.63) is 0 Å². The first-order chi connectivity index (χ1) is 50.3. The Balaban J connectivity index is 5.27. The molecule has 0 saturated carbocycles. The van der Waals surface area contributed by atoms with E-state index in [1.807, 2.05) is 0 Å². The van der Waals surface area contributed by atoms with E-state index < -0.39 is 97.5 Å². The maximum Gasteiger partial charge on any atom is 0.472 e. The summed E-state index contributed by atoms with van der Waals surface area (Å²) < 4.78 is 68.9. The van der Waals surface area contributed by atoms with Gasteiger partial charge in [-0.2, -0.15) is 0 Å². The molecule has 0 radical (unpaired) electrons. The molecular formula is C85H166O17P2. The van der Waals surface area contributed by atoms with Crippen molar-refractivity contribution in [3.63, 3.8) is 0 Å². The number of hydrogen-bond donors (Lipinski definition) is 3. The van der Waals surface area contributed by atoms with Crippen LogP contribution in [0, 0.1) is 17.8 Å². The molecule has 0 aliphatic rings. The predicted molar refractivity (Wildman–Crippen MR) is 428 cm³/mol. The first kappa shape index (κ1) is 102. The highest BCUT2D eigenvalue weighted by molar-refractivity contribution is 7.47. The highest BCUT2D eigenvalue weighted by Crippen LogP contribution is 2.45. The normalized spacial score (nSPS) is 14.7. The van der Waals surface area contributed by atoms with Gasteiger partial charge in [-0.3, -0.25) is 37.3 Å². The molecule has 0 saturated heterocycles. The van der Waals surface area contributed by atoms with Crippen molar-refractivity contribution in [1.29, 1.82) is 0 Å². The molecule has 0 amide bonds. The third-order valence-corrected chi connectivity index (χ3v) is 22.9. The number of ether oxygens (including phenoxy) is 4. The number of hydrogen-bond acceptors (Lipinski definition) is 15. The summed E-state index contributed by atoms with van der Waals surface area (Å²) in [5.41, 5.74) is 0. The summed E-state index contributed by atoms with van der Waals surface area (Å²) in [5, 5.41) is 10.7. The standard InChI is InChI=1S/C85H166O17P2/c1-8-12-13-14-15-16-17-18-19-20-28-33-38-47-54-61-68-85(90)102-81(73-96-83(88)67-60-53-46-41-40-44-51-58-65-78(7)11-4)75-100-104(93,94)98-71-79(86)70-97-103(91,92)99-74-80(101-84(89)69-62-55-48-39-34-29-24-22-26-31-36-43-50-57-64-77(6)10-3)72-95-82(87)66-59-52-45-37-32-27-23-21-25-30-35-42-49-56-63-76(5)9-2/h76-81,86H,8-75H2,1-7H3,(H,91,92)(H,93,94)/t76?,77?,78?,79-,80-,81-/m1/s1. The minimum atomic E-state index is -4.97. The fourth-order valence-corrected chi connectivity index (χ4v) is 14.7. The van der Waals surface area contributed by atoms with Crippen LogP contribution in [0.4, 0.5) is 0 Å². The second kappa shape index (κ2) is 75.1. The van der Waals surface area contributed by atoms with Crippen molar-refractivity contribution < 1.29 is 80.2 Å². The Morgan fingerprint density at radius 3 is 0.683 bits per heavy atom. The summed E-state index contributed by atoms with van der Waals surface area (Å²) in [6.45, 7) is 12.1. The van der Waals surface area contributed by atoms with Crippen LogP contribution in [-0.4, -0.2) is 96.7 Å². The third-order valence-electron chi connectivity index (χ3n) is 21.0. The van der Waals surface area contributed by atoms with Gasteiger partial charge in [-0.05, 0) is 43.4 Å². The first-order valence-corrected chi connectivity index (χ1v) is 47.0. The van der Waals surface area contributed by atoms with Crippen molar-refractivity contribution >= 4 is 39.5 Å². The smallest absolute Gasteiger partial charge is 0.462 e. The summed E-state index contributed by atoms with van der Waals surface area (Å²) >= 11 is 0. The van der Waals surface area contributed by atoms with Crippen molar-refractivity contribution in [2.75, 3.05) is 39.6 Å². The molecule has 0 aromatic carbocycles. The average molecular weight is 1520 g/mol. The van der Waals surface area contributed by atoms with Crippen molar-refractivity contribution in [3.8, 4) is 0 Å². The number of carbonyl (C=O) groups is 4. The molecular weight excluding hydrogens is 1350 g/mol. The van der Waals surface area contributed by atoms with Crippen molar-refractivity contribution in [2.24, 2.45) is 17.8 Å². The second-order valence-corrected chi connectivity index (χ2v) is 34.2. The zero-order valence-corrected chi connectivity index (χ0v) is 70.3. The Bertz CT molecular complexity index is 2010. The van der Waals surface area contributed by atoms with Gasteiger partial charge in [0.1, 0.15) is 19.3 Å². The maximum absolute atomic E-state index is 13.1. The third kappa shape index (κ3) is 74.2. The summed E-state index contributed by atoms with van der Waals surface area (Å²) in [6.07, 6.45) is 64.9. The molecule has 104 heavy (non-hydrogen) atoms. The van der Waals surface area contributed by atoms with Gasteiger partial charge in [0.2, 0.25) is 0 Å². The highest BCUT2D eigenvalue weighted by Gasteiger charge is 2.30. The van der Waals surface area contributed by atoms with Gasteiger partial charge in [0.05, 0.1) is 26.4 Å². The van der Waals surface area contributed by atoms with Gasteiger partial charge < -0.3 is 33.8 Å². The van der Waals surface area contributed by atoms with Crippen LogP contribution in [0.1, 0.15) is 447 Å². The number of esters is 4. The van der Waals surface area contributed by atoms with E-state index in [9.17, 15) is 43.2 Å². The van der Waals surface area contributed by atoms with Crippen LogP contribution < -0.4 is 0 Å². The maximum atomic E-state index is 13.1. The van der Waals surface area contributed by atoms with E-state index in [1.165, 1.54) is 257 Å². The van der Waals surface area contributed by atoms with E-state index in [0.29, 0.717) is 25.7 Å². The molecule has 0 aliphatic carbocycles. The number of aliphatic hydroxyl groups is 1. The van der Waals surface area contributed by atoms with Crippen LogP contribution in [0.5, 0.6) is 0 Å². The number of carbonyl (C=O) groups excluding carboxylic acids is 4. The van der Waals surface area contributed by atoms with Gasteiger partial charge in [-0.1, -0.05) is 395 Å². The monoisotopic (exact) mass is 1520 g/mol. The SMILES string of the molecule is CCCCCCCCCCCCCCCCCCC(=O)O[C@H](COC(=O)CCCCCCCCCCC(C)CC)COP(=O)(O)OC[C@H](O)COP(=O)(O)OC[C@@H](COC(=O)CCCCCCCCCCCCCCCCC(C)CC)OC(=O)CCCCCCCCCCCCCCCCC(C)CC. The van der Waals surface area contributed by atoms with Crippen LogP contribution in [-0.2, 0) is 65.4 Å². The lowest BCUT2D eigenvalue weighted by molar-refractivity contribution is -0.161. The first-order valence-electron chi connectivity index (χ1n) is 44.0. The zero-order chi connectivity index (χ0) is 76.5. The lowest BCUT2D eigenvalue weighted by Gasteiger charge is -2.21. The van der Waals surface area contributed by atoms with Crippen molar-refractivity contribution in [2.45, 2.75) is 465 Å². The zero-order valence-electron chi connectivity index (χ0n) is 68.5. The molecule has 0 spiro atoms. The van der Waals surface area contributed by atoms with Crippen LogP contribution in [0.15, 0.2) is 0 Å². The lowest BCUT2D eigenvalue weighted by Crippen LogP contribution is -2.30. The second-order valence-electron chi connectivity index (χ2n) is 31.3. The van der Waals surface area contributed by atoms with E-state index >= 15 is 0 Å². The summed E-state index contributed by atoms with van der Waals surface area (Å²) in [4.78, 5) is 73.2. The molecule has 0 rings (SSSR count). The van der Waals surface area contributed by atoms with E-state index in [4.69, 9.17) is 37.0 Å². The van der Waals surface area contributed by atoms with Crippen LogP contribution >= 0.6 is 15.6 Å². The molecule has 0 aliphatic heterocycles. The molecule has 3 N–H and O–H groups in total. The number of unbranched alkanes of at least 4 members (excludes halogenated alkanes) is 48. The number of phosphoric ester groups is 2. The van der Waals surface area contributed by atoms with Crippen LogP contribution in [0.2, 0.25) is 0 Å². The molecule has 0 fully saturated rings. The Kier molecular flexibility index (Phi) is 73.7. The molecule has 0 heterocycles. The Hall–Kier alpha value is -1.94. The van der Waals surface area contributed by atoms with Gasteiger partial charge in [0.25, 0.3) is 0 Å². The van der Waals surface area contributed by atoms with Crippen molar-refractivity contribution in [1.82, 2.24) is 0 Å². The lowest BCUT2D eigenvalue weighted by atomic mass is 9.99. The largest absolute Gasteiger partial charge is 0.472 e. The summed E-state index contributed by atoms with van der Waals surface area (Å²) in [6, 6.07) is 0. The molecule has 17 nitrogen and oxygen atoms in total. The summed E-state index contributed by atoms with van der Waals surface area (Å²) in [5.74, 6) is 0.369. The number of aliphatic hydroxyl groups excluding tert-OH is 1. The van der Waals surface area contributed by atoms with E-state index in [1.54, 1.807) is 0 Å². The molecule has 8 atom stereocenters. The van der Waals surface area contributed by atoms with Gasteiger partial charge in [0, 0.05) is 25.7 Å². The van der Waals surface area contributed by atoms with E-state index in [-0.39, 0.29) is 25.7 Å². The fourth-order valence-electron chi connectivity index (χ4n) is 13.1. The molecule has 618 valence electrons. The minimum Gasteiger partial charge on any atom is -0.462 e. The number of rotatable bonds is 83. The molecule has 5 unspecified atom stereocenters. The van der Waals surface area contributed by atoms with Crippen LogP contribution in [0.3, 0.4) is 0 Å². The van der Waals surface area contributed by atoms with E-state index in [0.717, 1.165) is 108 Å².